The molecule has 6 heterocycles. The quantitative estimate of drug-likeness (QED) is 0.130. The largest absolute Gasteiger partial charge is 0.465 e. The van der Waals surface area contributed by atoms with E-state index in [2.05, 4.69) is 36.1 Å². The third-order valence-electron chi connectivity index (χ3n) is 10.8. The third-order valence-corrected chi connectivity index (χ3v) is 12.8. The van der Waals surface area contributed by atoms with E-state index in [0.29, 0.717) is 72.3 Å². The summed E-state index contributed by atoms with van der Waals surface area (Å²) in [5, 5.41) is 27.5. The smallest absolute Gasteiger partial charge is 0.408 e. The van der Waals surface area contributed by atoms with Crippen molar-refractivity contribution < 1.29 is 48.0 Å². The molecule has 4 fully saturated rings. The second kappa shape index (κ2) is 17.9. The van der Waals surface area contributed by atoms with E-state index in [-0.39, 0.29) is 47.2 Å². The van der Waals surface area contributed by atoms with Gasteiger partial charge in [0.1, 0.15) is 17.5 Å². The van der Waals surface area contributed by atoms with Crippen LogP contribution in [0.1, 0.15) is 107 Å². The van der Waals surface area contributed by atoms with Crippen LogP contribution in [0, 0.1) is 0 Å². The van der Waals surface area contributed by atoms with Crippen LogP contribution in [-0.4, -0.2) is 114 Å². The Morgan fingerprint density at radius 3 is 1.83 bits per heavy atom. The lowest BCUT2D eigenvalue weighted by molar-refractivity contribution is 0.0690. The monoisotopic (exact) mass is 870 g/mol. The first-order chi connectivity index (χ1) is 28.7. The van der Waals surface area contributed by atoms with Crippen molar-refractivity contribution in [2.45, 2.75) is 101 Å². The average Bonchev–Trinajstić information content (AvgIpc) is 3.69. The van der Waals surface area contributed by atoms with Gasteiger partial charge in [0.15, 0.2) is 10.3 Å². The Hall–Kier alpha value is -5.00. The molecular formula is C38H50N10O10S2. The molecule has 0 unspecified atom stereocenters. The number of nitrogens with zero attached hydrogens (tertiary/aromatic N) is 7. The van der Waals surface area contributed by atoms with Crippen molar-refractivity contribution in [2.75, 3.05) is 38.1 Å². The first-order valence-electron chi connectivity index (χ1n) is 19.5. The number of hydrogen-bond donors (Lipinski definition) is 4. The van der Waals surface area contributed by atoms with Crippen molar-refractivity contribution >= 4 is 56.9 Å². The molecule has 8 rings (SSSR count). The molecule has 2 aliphatic carbocycles. The van der Waals surface area contributed by atoms with Crippen molar-refractivity contribution in [2.24, 2.45) is 14.1 Å². The third kappa shape index (κ3) is 10.3. The Labute approximate surface area is 353 Å². The minimum absolute atomic E-state index is 0.112. The minimum Gasteiger partial charge on any atom is -0.465 e. The van der Waals surface area contributed by atoms with Gasteiger partial charge in [-0.25, -0.2) is 19.6 Å². The maximum Gasteiger partial charge on any atom is 0.408 e. The van der Waals surface area contributed by atoms with E-state index in [1.54, 1.807) is 57.7 Å². The van der Waals surface area contributed by atoms with Crippen molar-refractivity contribution in [1.82, 2.24) is 39.7 Å². The first kappa shape index (κ1) is 43.1. The van der Waals surface area contributed by atoms with Gasteiger partial charge < -0.3 is 34.1 Å². The lowest BCUT2D eigenvalue weighted by Gasteiger charge is -2.31. The van der Waals surface area contributed by atoms with E-state index in [9.17, 15) is 24.3 Å². The van der Waals surface area contributed by atoms with Gasteiger partial charge in [0.25, 0.3) is 11.8 Å². The number of aromatic nitrogens is 6. The zero-order valence-corrected chi connectivity index (χ0v) is 35.9. The molecule has 2 saturated heterocycles. The normalized spacial score (nSPS) is 22.0. The molecule has 0 radical (unpaired) electrons. The minimum atomic E-state index is -0.898. The number of carbonyl (C=O) groups excluding carboxylic acids is 3. The zero-order valence-electron chi connectivity index (χ0n) is 34.3. The second-order valence-electron chi connectivity index (χ2n) is 15.8. The molecule has 0 spiro atoms. The summed E-state index contributed by atoms with van der Waals surface area (Å²) >= 11 is 2.67. The van der Waals surface area contributed by atoms with E-state index in [1.165, 1.54) is 32.0 Å². The molecule has 20 nitrogen and oxygen atoms in total. The topological polar surface area (TPSA) is 235 Å². The van der Waals surface area contributed by atoms with Gasteiger partial charge in [-0.3, -0.25) is 34.5 Å². The molecule has 4 aliphatic rings. The molecule has 4 N–H and O–H groups in total. The Kier molecular flexibility index (Phi) is 12.9. The predicted molar refractivity (Wildman–Crippen MR) is 217 cm³/mol. The number of anilines is 2. The maximum atomic E-state index is 12.6. The molecule has 4 aromatic heterocycles. The molecule has 4 atom stereocenters. The fourth-order valence-electron chi connectivity index (χ4n) is 7.08. The summed E-state index contributed by atoms with van der Waals surface area (Å²) in [5.41, 5.74) is 1.79. The summed E-state index contributed by atoms with van der Waals surface area (Å²) < 4.78 is 30.2. The van der Waals surface area contributed by atoms with Crippen LogP contribution in [0.5, 0.6) is 0 Å². The summed E-state index contributed by atoms with van der Waals surface area (Å²) in [4.78, 5) is 60.7. The summed E-state index contributed by atoms with van der Waals surface area (Å²) in [5.74, 6) is -0.607. The molecular weight excluding hydrogens is 821 g/mol. The van der Waals surface area contributed by atoms with Gasteiger partial charge in [0.05, 0.1) is 65.8 Å². The van der Waals surface area contributed by atoms with Gasteiger partial charge in [0.2, 0.25) is 0 Å². The van der Waals surface area contributed by atoms with Crippen LogP contribution in [0.2, 0.25) is 0 Å². The van der Waals surface area contributed by atoms with Gasteiger partial charge >= 0.3 is 12.2 Å². The number of carbonyl (C=O) groups is 4. The number of thiazole rings is 2. The standard InChI is InChI=1S/2C19H25N5O5S/c1-19(4-5-19)22-18(26)29-12-7-14(28-10-12)15-8-20-17(30-15)21-16(25)13-6-11(9-27-3)23-24(13)2;1-19(4-5-19)24(18(26)27)12-7-14(29-10-12)15-8-20-17(30-15)21-16(25)13-6-11(9-28-3)22-23(13)2/h6,8,12,14H,4-5,7,9-10H2,1-3H3,(H,22,26)(H,20,21,25);6,8,12,14H,4-5,7,9-10H2,1-3H3,(H,26,27)(H,20,21,25)/t2*12-,14-/m01/s1. The molecule has 2 aliphatic heterocycles. The summed E-state index contributed by atoms with van der Waals surface area (Å²) in [6.45, 7) is 5.34. The number of amides is 4. The molecule has 324 valence electrons. The van der Waals surface area contributed by atoms with E-state index in [0.717, 1.165) is 35.4 Å². The predicted octanol–water partition coefficient (Wildman–Crippen LogP) is 5.02. The van der Waals surface area contributed by atoms with Crippen LogP contribution >= 0.6 is 22.7 Å². The highest BCUT2D eigenvalue weighted by molar-refractivity contribution is 7.16. The van der Waals surface area contributed by atoms with Crippen LogP contribution in [0.25, 0.3) is 0 Å². The fourth-order valence-corrected chi connectivity index (χ4v) is 8.83. The molecule has 60 heavy (non-hydrogen) atoms. The number of methoxy groups -OCH3 is 2. The highest BCUT2D eigenvalue weighted by atomic mass is 32.1. The van der Waals surface area contributed by atoms with Gasteiger partial charge in [-0.1, -0.05) is 22.7 Å². The summed E-state index contributed by atoms with van der Waals surface area (Å²) in [6.07, 6.45) is 6.19. The van der Waals surface area contributed by atoms with E-state index >= 15 is 0 Å². The maximum absolute atomic E-state index is 12.6. The van der Waals surface area contributed by atoms with Gasteiger partial charge in [-0.05, 0) is 51.7 Å². The van der Waals surface area contributed by atoms with Crippen LogP contribution in [0.4, 0.5) is 19.9 Å². The Balaban J connectivity index is 0.000000181. The van der Waals surface area contributed by atoms with E-state index in [4.69, 9.17) is 23.7 Å². The highest BCUT2D eigenvalue weighted by Gasteiger charge is 2.51. The van der Waals surface area contributed by atoms with Gasteiger partial charge in [-0.15, -0.1) is 0 Å². The Morgan fingerprint density at radius 1 is 0.833 bits per heavy atom. The Morgan fingerprint density at radius 2 is 1.35 bits per heavy atom. The van der Waals surface area contributed by atoms with Gasteiger partial charge in [0, 0.05) is 64.6 Å². The van der Waals surface area contributed by atoms with E-state index < -0.39 is 12.2 Å². The zero-order chi connectivity index (χ0) is 42.8. The number of alkyl carbamates (subject to hydrolysis) is 1. The van der Waals surface area contributed by atoms with Crippen molar-refractivity contribution in [3.8, 4) is 0 Å². The number of aryl methyl sites for hydroxylation is 2. The second-order valence-corrected chi connectivity index (χ2v) is 18.0. The highest BCUT2D eigenvalue weighted by Crippen LogP contribution is 2.46. The summed E-state index contributed by atoms with van der Waals surface area (Å²) in [7, 11) is 6.55. The first-order valence-corrected chi connectivity index (χ1v) is 21.1. The van der Waals surface area contributed by atoms with Crippen LogP contribution in [0.3, 0.4) is 0 Å². The van der Waals surface area contributed by atoms with Gasteiger partial charge in [-0.2, -0.15) is 10.2 Å². The molecule has 4 aromatic rings. The van der Waals surface area contributed by atoms with Crippen LogP contribution < -0.4 is 16.0 Å². The lowest BCUT2D eigenvalue weighted by Crippen LogP contribution is -2.47. The number of rotatable bonds is 14. The number of nitrogens with one attached hydrogen (secondary N) is 3. The summed E-state index contributed by atoms with van der Waals surface area (Å²) in [6, 6.07) is 3.19. The molecule has 0 aromatic carbocycles. The number of ether oxygens (including phenoxy) is 5. The molecule has 0 bridgehead atoms. The van der Waals surface area contributed by atoms with Crippen molar-refractivity contribution in [3.63, 3.8) is 0 Å². The van der Waals surface area contributed by atoms with Crippen molar-refractivity contribution in [1.29, 1.82) is 0 Å². The SMILES string of the molecule is COCc1cc(C(=O)Nc2ncc([C@@H]3C[C@H](OC(=O)NC4(C)CC4)CO3)s2)n(C)n1.COCc1cc(C(=O)Nc2ncc([C@H]3C[C@@H](N(C(=O)O)C4(C)CC4)CO3)s2)n(C)n1. The average molecular weight is 871 g/mol. The Bertz CT molecular complexity index is 2190. The van der Waals surface area contributed by atoms with Crippen LogP contribution in [-0.2, 0) is 51.0 Å². The number of hydrogen-bond acceptors (Lipinski definition) is 15. The van der Waals surface area contributed by atoms with E-state index in [1.807, 2.05) is 13.8 Å². The fraction of sp³-hybridized carbons (Fsp3) is 0.579. The lowest BCUT2D eigenvalue weighted by atomic mass is 10.1. The van der Waals surface area contributed by atoms with Crippen molar-refractivity contribution in [3.05, 3.63) is 57.1 Å². The molecule has 22 heteroatoms. The van der Waals surface area contributed by atoms with Crippen LogP contribution in [0.15, 0.2) is 24.5 Å². The molecule has 4 amide bonds. The molecule has 2 saturated carbocycles. The number of carboxylic acid groups (broad SMARTS) is 1.